The van der Waals surface area contributed by atoms with Crippen LogP contribution in [-0.4, -0.2) is 54.1 Å². The highest BCUT2D eigenvalue weighted by molar-refractivity contribution is 5.83. The Hall–Kier alpha value is -0.610. The van der Waals surface area contributed by atoms with Gasteiger partial charge in [0.05, 0.1) is 12.2 Å². The number of likely N-dealkylation sites (tertiary alicyclic amines) is 1. The number of amides is 1. The number of hydrogen-bond acceptors (Lipinski definition) is 3. The highest BCUT2D eigenvalue weighted by Crippen LogP contribution is 2.22. The summed E-state index contributed by atoms with van der Waals surface area (Å²) in [5.41, 5.74) is 0. The fraction of sp³-hybridized carbons (Fsp3) is 0.929. The zero-order valence-corrected chi connectivity index (χ0v) is 12.0. The first-order valence-corrected chi connectivity index (χ1v) is 7.44. The molecule has 2 aliphatic rings. The van der Waals surface area contributed by atoms with Gasteiger partial charge in [-0.05, 0) is 51.7 Å². The third-order valence-corrected chi connectivity index (χ3v) is 4.47. The van der Waals surface area contributed by atoms with Gasteiger partial charge in [0.25, 0.3) is 0 Å². The van der Waals surface area contributed by atoms with Crippen LogP contribution < -0.4 is 5.32 Å². The summed E-state index contributed by atoms with van der Waals surface area (Å²) < 4.78 is 0. The van der Waals surface area contributed by atoms with E-state index in [0.717, 1.165) is 19.5 Å². The van der Waals surface area contributed by atoms with Crippen molar-refractivity contribution in [3.8, 4) is 0 Å². The van der Waals surface area contributed by atoms with E-state index >= 15 is 0 Å². The molecule has 2 heterocycles. The van der Waals surface area contributed by atoms with Gasteiger partial charge in [-0.25, -0.2) is 0 Å². The van der Waals surface area contributed by atoms with E-state index in [1.54, 1.807) is 0 Å². The van der Waals surface area contributed by atoms with E-state index < -0.39 is 0 Å². The molecule has 1 amide bonds. The Morgan fingerprint density at radius 1 is 1.28 bits per heavy atom. The Morgan fingerprint density at radius 2 is 1.94 bits per heavy atom. The third-order valence-electron chi connectivity index (χ3n) is 4.47. The molecule has 0 aliphatic carbocycles. The fourth-order valence-corrected chi connectivity index (χ4v) is 3.17. The number of nitrogens with zero attached hydrogens (tertiary/aromatic N) is 2. The molecule has 4 nitrogen and oxygen atoms in total. The van der Waals surface area contributed by atoms with Crippen LogP contribution in [0.1, 0.15) is 40.0 Å². The minimum Gasteiger partial charge on any atom is -0.326 e. The fourth-order valence-electron chi connectivity index (χ4n) is 3.17. The Labute approximate surface area is 111 Å². The second-order valence-electron chi connectivity index (χ2n) is 5.68. The van der Waals surface area contributed by atoms with Gasteiger partial charge in [0.1, 0.15) is 0 Å². The predicted octanol–water partition coefficient (Wildman–Crippen LogP) is 1.27. The quantitative estimate of drug-likeness (QED) is 0.819. The van der Waals surface area contributed by atoms with E-state index in [4.69, 9.17) is 0 Å². The van der Waals surface area contributed by atoms with E-state index in [0.29, 0.717) is 11.8 Å². The molecule has 104 valence electrons. The molecule has 2 rings (SSSR count). The SMILES string of the molecule is CCC1NC(C)C(=O)N1CC1CCN(CC)CC1. The van der Waals surface area contributed by atoms with Gasteiger partial charge in [0, 0.05) is 6.54 Å². The maximum absolute atomic E-state index is 12.1. The van der Waals surface area contributed by atoms with Crippen LogP contribution >= 0.6 is 0 Å². The van der Waals surface area contributed by atoms with E-state index in [1.165, 1.54) is 25.9 Å². The predicted molar refractivity (Wildman–Crippen MR) is 73.2 cm³/mol. The van der Waals surface area contributed by atoms with E-state index in [9.17, 15) is 4.79 Å². The van der Waals surface area contributed by atoms with Crippen LogP contribution in [0.15, 0.2) is 0 Å². The first-order chi connectivity index (χ1) is 8.65. The van der Waals surface area contributed by atoms with E-state index in [2.05, 4.69) is 29.0 Å². The summed E-state index contributed by atoms with van der Waals surface area (Å²) in [6, 6.07) is 0.00526. The summed E-state index contributed by atoms with van der Waals surface area (Å²) >= 11 is 0. The highest BCUT2D eigenvalue weighted by atomic mass is 16.2. The van der Waals surface area contributed by atoms with Gasteiger partial charge in [-0.2, -0.15) is 0 Å². The van der Waals surface area contributed by atoms with Gasteiger partial charge in [-0.3, -0.25) is 10.1 Å². The molecule has 2 unspecified atom stereocenters. The summed E-state index contributed by atoms with van der Waals surface area (Å²) in [7, 11) is 0. The molecule has 0 bridgehead atoms. The molecule has 2 aliphatic heterocycles. The van der Waals surface area contributed by atoms with Crippen LogP contribution in [0.3, 0.4) is 0 Å². The van der Waals surface area contributed by atoms with Crippen LogP contribution in [0.4, 0.5) is 0 Å². The number of carbonyl (C=O) groups excluding carboxylic acids is 1. The van der Waals surface area contributed by atoms with Gasteiger partial charge in [-0.15, -0.1) is 0 Å². The summed E-state index contributed by atoms with van der Waals surface area (Å²) in [5.74, 6) is 0.984. The Balaban J connectivity index is 1.87. The lowest BCUT2D eigenvalue weighted by Gasteiger charge is -2.34. The first kappa shape index (κ1) is 13.8. The summed E-state index contributed by atoms with van der Waals surface area (Å²) in [6.07, 6.45) is 3.74. The first-order valence-electron chi connectivity index (χ1n) is 7.44. The molecule has 0 aromatic carbocycles. The molecule has 2 fully saturated rings. The second kappa shape index (κ2) is 6.02. The third kappa shape index (κ3) is 2.86. The minimum atomic E-state index is 0.00526. The number of rotatable bonds is 4. The molecule has 0 radical (unpaired) electrons. The maximum Gasteiger partial charge on any atom is 0.240 e. The van der Waals surface area contributed by atoms with Gasteiger partial charge in [0.2, 0.25) is 5.91 Å². The topological polar surface area (TPSA) is 35.6 Å². The van der Waals surface area contributed by atoms with Crippen LogP contribution in [0.25, 0.3) is 0 Å². The summed E-state index contributed by atoms with van der Waals surface area (Å²) in [4.78, 5) is 16.7. The van der Waals surface area contributed by atoms with Crippen LogP contribution in [0.5, 0.6) is 0 Å². The normalized spacial score (nSPS) is 31.3. The number of hydrogen-bond donors (Lipinski definition) is 1. The average molecular weight is 253 g/mol. The monoisotopic (exact) mass is 253 g/mol. The molecule has 4 heteroatoms. The zero-order valence-electron chi connectivity index (χ0n) is 12.0. The van der Waals surface area contributed by atoms with Crippen molar-refractivity contribution in [2.75, 3.05) is 26.2 Å². The molecule has 2 atom stereocenters. The van der Waals surface area contributed by atoms with Crippen molar-refractivity contribution in [2.45, 2.75) is 52.2 Å². The standard InChI is InChI=1S/C14H27N3O/c1-4-13-15-11(3)14(18)17(13)10-12-6-8-16(5-2)9-7-12/h11-13,15H,4-10H2,1-3H3. The summed E-state index contributed by atoms with van der Waals surface area (Å²) in [6.45, 7) is 10.9. The molecule has 0 aromatic heterocycles. The highest BCUT2D eigenvalue weighted by Gasteiger charge is 2.36. The van der Waals surface area contributed by atoms with Crippen molar-refractivity contribution in [2.24, 2.45) is 5.92 Å². The van der Waals surface area contributed by atoms with Crippen molar-refractivity contribution in [3.63, 3.8) is 0 Å². The van der Waals surface area contributed by atoms with Gasteiger partial charge >= 0.3 is 0 Å². The molecule has 18 heavy (non-hydrogen) atoms. The van der Waals surface area contributed by atoms with Crippen molar-refractivity contribution in [1.29, 1.82) is 0 Å². The van der Waals surface area contributed by atoms with Crippen molar-refractivity contribution in [3.05, 3.63) is 0 Å². The average Bonchev–Trinajstić information content (AvgIpc) is 2.67. The smallest absolute Gasteiger partial charge is 0.240 e. The zero-order chi connectivity index (χ0) is 13.1. The molecule has 2 saturated heterocycles. The Kier molecular flexibility index (Phi) is 4.62. The number of piperidine rings is 1. The molecule has 0 saturated carbocycles. The molecule has 0 aromatic rings. The molecular formula is C14H27N3O. The van der Waals surface area contributed by atoms with Gasteiger partial charge < -0.3 is 9.80 Å². The maximum atomic E-state index is 12.1. The van der Waals surface area contributed by atoms with Crippen LogP contribution in [-0.2, 0) is 4.79 Å². The minimum absolute atomic E-state index is 0.00526. The van der Waals surface area contributed by atoms with E-state index in [1.807, 2.05) is 6.92 Å². The van der Waals surface area contributed by atoms with Crippen molar-refractivity contribution >= 4 is 5.91 Å². The van der Waals surface area contributed by atoms with Crippen LogP contribution in [0.2, 0.25) is 0 Å². The molecule has 0 spiro atoms. The number of nitrogens with one attached hydrogen (secondary N) is 1. The largest absolute Gasteiger partial charge is 0.326 e. The van der Waals surface area contributed by atoms with E-state index in [-0.39, 0.29) is 12.2 Å². The lowest BCUT2D eigenvalue weighted by atomic mass is 9.96. The lowest BCUT2D eigenvalue weighted by molar-refractivity contribution is -0.130. The molecular weight excluding hydrogens is 226 g/mol. The summed E-state index contributed by atoms with van der Waals surface area (Å²) in [5, 5.41) is 3.38. The van der Waals surface area contributed by atoms with Gasteiger partial charge in [0.15, 0.2) is 0 Å². The Bertz CT molecular complexity index is 287. The second-order valence-corrected chi connectivity index (χ2v) is 5.68. The van der Waals surface area contributed by atoms with Gasteiger partial charge in [-0.1, -0.05) is 13.8 Å². The van der Waals surface area contributed by atoms with Crippen molar-refractivity contribution in [1.82, 2.24) is 15.1 Å². The number of carbonyl (C=O) groups is 1. The molecule has 1 N–H and O–H groups in total. The van der Waals surface area contributed by atoms with Crippen molar-refractivity contribution < 1.29 is 4.79 Å². The Morgan fingerprint density at radius 3 is 2.50 bits per heavy atom. The van der Waals surface area contributed by atoms with Crippen LogP contribution in [0, 0.1) is 5.92 Å². The lowest BCUT2D eigenvalue weighted by Crippen LogP contribution is -2.43.